The van der Waals surface area contributed by atoms with Crippen molar-refractivity contribution in [1.82, 2.24) is 0 Å². The van der Waals surface area contributed by atoms with E-state index in [1.807, 2.05) is 19.9 Å². The van der Waals surface area contributed by atoms with Crippen LogP contribution >= 0.6 is 0 Å². The summed E-state index contributed by atoms with van der Waals surface area (Å²) in [5.74, 6) is -0.611. The Morgan fingerprint density at radius 3 is 2.50 bits per heavy atom. The van der Waals surface area contributed by atoms with Gasteiger partial charge in [0.15, 0.2) is 0 Å². The molecule has 1 heterocycles. The minimum absolute atomic E-state index is 0.0131. The first-order chi connectivity index (χ1) is 11.5. The third-order valence-corrected chi connectivity index (χ3v) is 3.33. The second kappa shape index (κ2) is 7.83. The van der Waals surface area contributed by atoms with E-state index in [1.165, 1.54) is 14.2 Å². The highest BCUT2D eigenvalue weighted by molar-refractivity contribution is 6.03. The Kier molecular flexibility index (Phi) is 5.81. The third-order valence-electron chi connectivity index (χ3n) is 3.33. The Morgan fingerprint density at radius 2 is 1.88 bits per heavy atom. The Hall–Kier alpha value is -2.54. The summed E-state index contributed by atoms with van der Waals surface area (Å²) in [5.41, 5.74) is 0.873. The zero-order valence-corrected chi connectivity index (χ0v) is 14.2. The SMILES string of the molecule is COC(=O)C1=C(C(=O)OC)N(c2cccc(OC(C)C)c2)COC1. The zero-order chi connectivity index (χ0) is 17.7. The predicted molar refractivity (Wildman–Crippen MR) is 86.6 cm³/mol. The average molecular weight is 335 g/mol. The van der Waals surface area contributed by atoms with E-state index in [9.17, 15) is 9.59 Å². The number of rotatable bonds is 5. The van der Waals surface area contributed by atoms with Gasteiger partial charge in [-0.15, -0.1) is 0 Å². The van der Waals surface area contributed by atoms with Crippen molar-refractivity contribution in [1.29, 1.82) is 0 Å². The molecule has 0 saturated carbocycles. The smallest absolute Gasteiger partial charge is 0.355 e. The van der Waals surface area contributed by atoms with Crippen LogP contribution in [-0.4, -0.2) is 45.6 Å². The molecule has 0 amide bonds. The summed E-state index contributed by atoms with van der Waals surface area (Å²) in [6.07, 6.45) is 0.0131. The van der Waals surface area contributed by atoms with Gasteiger partial charge in [0.05, 0.1) is 32.5 Å². The van der Waals surface area contributed by atoms with Crippen LogP contribution in [0.25, 0.3) is 0 Å². The van der Waals surface area contributed by atoms with Crippen molar-refractivity contribution in [3.05, 3.63) is 35.5 Å². The van der Waals surface area contributed by atoms with E-state index in [2.05, 4.69) is 0 Å². The fraction of sp³-hybridized carbons (Fsp3) is 0.412. The summed E-state index contributed by atoms with van der Waals surface area (Å²) >= 11 is 0. The molecule has 1 aromatic rings. The topological polar surface area (TPSA) is 74.3 Å². The molecule has 24 heavy (non-hydrogen) atoms. The van der Waals surface area contributed by atoms with Gasteiger partial charge in [0.25, 0.3) is 0 Å². The van der Waals surface area contributed by atoms with Crippen molar-refractivity contribution in [3.63, 3.8) is 0 Å². The van der Waals surface area contributed by atoms with E-state index >= 15 is 0 Å². The maximum atomic E-state index is 12.2. The van der Waals surface area contributed by atoms with E-state index < -0.39 is 11.9 Å². The lowest BCUT2D eigenvalue weighted by Gasteiger charge is -2.31. The summed E-state index contributed by atoms with van der Waals surface area (Å²) in [6.45, 7) is 3.93. The van der Waals surface area contributed by atoms with Gasteiger partial charge < -0.3 is 23.8 Å². The molecule has 1 aromatic carbocycles. The van der Waals surface area contributed by atoms with Crippen LogP contribution in [0.5, 0.6) is 5.75 Å². The number of hydrogen-bond acceptors (Lipinski definition) is 7. The zero-order valence-electron chi connectivity index (χ0n) is 14.2. The van der Waals surface area contributed by atoms with Gasteiger partial charge >= 0.3 is 11.9 Å². The summed E-state index contributed by atoms with van der Waals surface area (Å²) in [4.78, 5) is 25.8. The number of ether oxygens (including phenoxy) is 4. The Labute approximate surface area is 140 Å². The molecular weight excluding hydrogens is 314 g/mol. The molecule has 0 radical (unpaired) electrons. The van der Waals surface area contributed by atoms with Gasteiger partial charge in [0.1, 0.15) is 18.2 Å². The van der Waals surface area contributed by atoms with Gasteiger partial charge in [0.2, 0.25) is 0 Å². The molecule has 0 spiro atoms. The molecule has 0 saturated heterocycles. The van der Waals surface area contributed by atoms with Crippen LogP contribution < -0.4 is 9.64 Å². The largest absolute Gasteiger partial charge is 0.491 e. The van der Waals surface area contributed by atoms with E-state index in [4.69, 9.17) is 18.9 Å². The summed E-state index contributed by atoms with van der Waals surface area (Å²) in [5, 5.41) is 0. The van der Waals surface area contributed by atoms with E-state index in [-0.39, 0.29) is 30.7 Å². The Morgan fingerprint density at radius 1 is 1.17 bits per heavy atom. The van der Waals surface area contributed by atoms with Crippen molar-refractivity contribution < 1.29 is 28.5 Å². The average Bonchev–Trinajstić information content (AvgIpc) is 2.59. The van der Waals surface area contributed by atoms with E-state index in [0.29, 0.717) is 11.4 Å². The van der Waals surface area contributed by atoms with Crippen LogP contribution in [0.1, 0.15) is 13.8 Å². The van der Waals surface area contributed by atoms with Crippen LogP contribution in [0.15, 0.2) is 35.5 Å². The number of methoxy groups -OCH3 is 2. The van der Waals surface area contributed by atoms with Crippen molar-refractivity contribution in [2.75, 3.05) is 32.5 Å². The first-order valence-electron chi connectivity index (χ1n) is 7.49. The number of nitrogens with zero attached hydrogens (tertiary/aromatic N) is 1. The van der Waals surface area contributed by atoms with Crippen LogP contribution in [0.2, 0.25) is 0 Å². The lowest BCUT2D eigenvalue weighted by atomic mass is 10.1. The van der Waals surface area contributed by atoms with Gasteiger partial charge in [0, 0.05) is 11.8 Å². The minimum Gasteiger partial charge on any atom is -0.491 e. The second-order valence-electron chi connectivity index (χ2n) is 5.38. The quantitative estimate of drug-likeness (QED) is 0.760. The Bertz CT molecular complexity index is 652. The van der Waals surface area contributed by atoms with Gasteiger partial charge in [-0.25, -0.2) is 9.59 Å². The number of esters is 2. The normalized spacial score (nSPS) is 14.6. The van der Waals surface area contributed by atoms with E-state index in [0.717, 1.165) is 0 Å². The predicted octanol–water partition coefficient (Wildman–Crippen LogP) is 1.87. The number of hydrogen-bond donors (Lipinski definition) is 0. The lowest BCUT2D eigenvalue weighted by molar-refractivity contribution is -0.140. The van der Waals surface area contributed by atoms with Gasteiger partial charge in [-0.1, -0.05) is 6.07 Å². The van der Waals surface area contributed by atoms with Crippen LogP contribution in [0.4, 0.5) is 5.69 Å². The maximum Gasteiger partial charge on any atom is 0.355 e. The number of carbonyl (C=O) groups is 2. The highest BCUT2D eigenvalue weighted by Crippen LogP contribution is 2.29. The van der Waals surface area contributed by atoms with Gasteiger partial charge in [-0.2, -0.15) is 0 Å². The van der Waals surface area contributed by atoms with Crippen molar-refractivity contribution >= 4 is 17.6 Å². The van der Waals surface area contributed by atoms with E-state index in [1.54, 1.807) is 23.1 Å². The van der Waals surface area contributed by atoms with Crippen molar-refractivity contribution in [2.45, 2.75) is 20.0 Å². The lowest BCUT2D eigenvalue weighted by Crippen LogP contribution is -2.38. The third kappa shape index (κ3) is 3.86. The molecule has 0 aromatic heterocycles. The maximum absolute atomic E-state index is 12.2. The number of benzene rings is 1. The van der Waals surface area contributed by atoms with Crippen molar-refractivity contribution in [3.8, 4) is 5.75 Å². The fourth-order valence-corrected chi connectivity index (χ4v) is 2.34. The van der Waals surface area contributed by atoms with Crippen LogP contribution in [0.3, 0.4) is 0 Å². The molecule has 2 rings (SSSR count). The molecule has 0 fully saturated rings. The summed E-state index contributed by atoms with van der Waals surface area (Å²) in [6, 6.07) is 7.18. The first-order valence-corrected chi connectivity index (χ1v) is 7.49. The molecule has 7 heteroatoms. The number of anilines is 1. The van der Waals surface area contributed by atoms with Gasteiger partial charge in [-0.05, 0) is 26.0 Å². The standard InChI is InChI=1S/C17H21NO6/c1-11(2)24-13-7-5-6-12(8-13)18-10-23-9-14(16(19)21-3)15(18)17(20)22-4/h5-8,11H,9-10H2,1-4H3. The second-order valence-corrected chi connectivity index (χ2v) is 5.38. The molecule has 0 aliphatic carbocycles. The minimum atomic E-state index is -0.631. The Balaban J connectivity index is 2.47. The molecule has 7 nitrogen and oxygen atoms in total. The molecule has 1 aliphatic rings. The molecular formula is C17H21NO6. The summed E-state index contributed by atoms with van der Waals surface area (Å²) < 4.78 is 20.7. The highest BCUT2D eigenvalue weighted by Gasteiger charge is 2.32. The van der Waals surface area contributed by atoms with Gasteiger partial charge in [-0.3, -0.25) is 0 Å². The number of carbonyl (C=O) groups excluding carboxylic acids is 2. The highest BCUT2D eigenvalue weighted by atomic mass is 16.5. The molecule has 0 atom stereocenters. The molecule has 1 aliphatic heterocycles. The summed E-state index contributed by atoms with van der Waals surface area (Å²) in [7, 11) is 2.51. The van der Waals surface area contributed by atoms with Crippen LogP contribution in [-0.2, 0) is 23.8 Å². The molecule has 0 bridgehead atoms. The first kappa shape index (κ1) is 17.8. The molecule has 0 N–H and O–H groups in total. The van der Waals surface area contributed by atoms with Crippen molar-refractivity contribution in [2.24, 2.45) is 0 Å². The van der Waals surface area contributed by atoms with Crippen LogP contribution in [0, 0.1) is 0 Å². The monoisotopic (exact) mass is 335 g/mol. The molecule has 0 unspecified atom stereocenters. The molecule has 130 valence electrons. The fourth-order valence-electron chi connectivity index (χ4n) is 2.34.